The Balaban J connectivity index is 1.89. The number of aromatic nitrogens is 2. The molecule has 0 amide bonds. The standard InChI is InChI=1S/C18H23N5O3S/c1-11(12-4-6-13(7-5-12)27(20,24)25)21-17(26-19)16-14-8-9-18(2,3)10-15(14)22-23-16/h4-7H,1,8-10,19H2,2-3H3,(H,22,23)(H2,20,24,25)/b21-17-. The van der Waals surface area contributed by atoms with Gasteiger partial charge in [-0.2, -0.15) is 11.0 Å². The number of nitrogens with two attached hydrogens (primary N) is 2. The van der Waals surface area contributed by atoms with E-state index in [4.69, 9.17) is 15.9 Å². The van der Waals surface area contributed by atoms with Gasteiger partial charge in [0.05, 0.1) is 16.3 Å². The molecule has 0 saturated carbocycles. The van der Waals surface area contributed by atoms with Gasteiger partial charge in [0, 0.05) is 5.56 Å². The van der Waals surface area contributed by atoms with Crippen molar-refractivity contribution in [2.75, 3.05) is 0 Å². The average molecular weight is 389 g/mol. The van der Waals surface area contributed by atoms with Crippen LogP contribution in [-0.2, 0) is 27.7 Å². The van der Waals surface area contributed by atoms with Crippen LogP contribution in [0.1, 0.15) is 42.8 Å². The lowest BCUT2D eigenvalue weighted by atomic mass is 9.76. The molecular formula is C18H23N5O3S. The summed E-state index contributed by atoms with van der Waals surface area (Å²) in [5.74, 6) is 5.63. The molecule has 8 nitrogen and oxygen atoms in total. The van der Waals surface area contributed by atoms with Gasteiger partial charge in [-0.05, 0) is 42.4 Å². The molecule has 0 aliphatic heterocycles. The summed E-state index contributed by atoms with van der Waals surface area (Å²) in [7, 11) is -3.75. The molecule has 1 aromatic carbocycles. The molecule has 1 aliphatic rings. The number of H-pyrrole nitrogens is 1. The first-order chi connectivity index (χ1) is 12.6. The number of benzene rings is 1. The predicted octanol–water partition coefficient (Wildman–Crippen LogP) is 1.88. The van der Waals surface area contributed by atoms with Crippen LogP contribution in [0.2, 0.25) is 0 Å². The van der Waals surface area contributed by atoms with Crippen molar-refractivity contribution in [3.63, 3.8) is 0 Å². The molecule has 0 saturated heterocycles. The Hall–Kier alpha value is -2.49. The van der Waals surface area contributed by atoms with Crippen LogP contribution in [0.25, 0.3) is 5.70 Å². The van der Waals surface area contributed by atoms with Crippen LogP contribution in [0.3, 0.4) is 0 Å². The molecule has 144 valence electrons. The van der Waals surface area contributed by atoms with E-state index in [1.54, 1.807) is 12.1 Å². The van der Waals surface area contributed by atoms with Crippen molar-refractivity contribution in [1.29, 1.82) is 0 Å². The Labute approximate surface area is 158 Å². The highest BCUT2D eigenvalue weighted by atomic mass is 32.2. The highest BCUT2D eigenvalue weighted by Gasteiger charge is 2.30. The summed E-state index contributed by atoms with van der Waals surface area (Å²) in [5, 5.41) is 12.5. The second kappa shape index (κ2) is 6.91. The molecule has 2 aromatic rings. The SMILES string of the molecule is C=C(/N=C(\ON)c1[nH]nc2c1CCC(C)(C)C2)c1ccc(S(N)(=O)=O)cc1. The van der Waals surface area contributed by atoms with Crippen LogP contribution in [-0.4, -0.2) is 24.5 Å². The molecule has 1 aliphatic carbocycles. The fraction of sp³-hybridized carbons (Fsp3) is 0.333. The number of nitrogens with one attached hydrogen (secondary N) is 1. The third kappa shape index (κ3) is 4.10. The van der Waals surface area contributed by atoms with Gasteiger partial charge in [0.1, 0.15) is 5.69 Å². The number of hydrogen-bond acceptors (Lipinski definition) is 6. The molecule has 27 heavy (non-hydrogen) atoms. The molecule has 0 unspecified atom stereocenters. The van der Waals surface area contributed by atoms with Crippen molar-refractivity contribution in [2.24, 2.45) is 21.4 Å². The van der Waals surface area contributed by atoms with Crippen LogP contribution in [0.15, 0.2) is 40.7 Å². The minimum Gasteiger partial charge on any atom is -0.389 e. The number of primary sulfonamides is 1. The molecule has 0 atom stereocenters. The predicted molar refractivity (Wildman–Crippen MR) is 103 cm³/mol. The van der Waals surface area contributed by atoms with Crippen molar-refractivity contribution in [3.8, 4) is 0 Å². The Morgan fingerprint density at radius 2 is 2.00 bits per heavy atom. The summed E-state index contributed by atoms with van der Waals surface area (Å²) in [6, 6.07) is 5.94. The lowest BCUT2D eigenvalue weighted by Gasteiger charge is -2.28. The minimum absolute atomic E-state index is 0.0172. The number of rotatable bonds is 4. The highest BCUT2D eigenvalue weighted by Crippen LogP contribution is 2.35. The molecular weight excluding hydrogens is 366 g/mol. The van der Waals surface area contributed by atoms with Crippen molar-refractivity contribution in [1.82, 2.24) is 10.2 Å². The lowest BCUT2D eigenvalue weighted by molar-refractivity contribution is 0.309. The highest BCUT2D eigenvalue weighted by molar-refractivity contribution is 7.89. The van der Waals surface area contributed by atoms with Crippen LogP contribution in [0.4, 0.5) is 0 Å². The first-order valence-corrected chi connectivity index (χ1v) is 9.99. The Kier molecular flexibility index (Phi) is 4.94. The molecule has 0 fully saturated rings. The van der Waals surface area contributed by atoms with Gasteiger partial charge in [-0.1, -0.05) is 32.6 Å². The monoisotopic (exact) mass is 389 g/mol. The van der Waals surface area contributed by atoms with E-state index in [0.29, 0.717) is 17.0 Å². The van der Waals surface area contributed by atoms with Gasteiger partial charge in [0.2, 0.25) is 10.0 Å². The summed E-state index contributed by atoms with van der Waals surface area (Å²) < 4.78 is 22.7. The first kappa shape index (κ1) is 19.3. The maximum absolute atomic E-state index is 11.4. The van der Waals surface area contributed by atoms with Crippen LogP contribution in [0.5, 0.6) is 0 Å². The first-order valence-electron chi connectivity index (χ1n) is 8.45. The zero-order valence-electron chi connectivity index (χ0n) is 15.3. The molecule has 9 heteroatoms. The summed E-state index contributed by atoms with van der Waals surface area (Å²) in [6.45, 7) is 8.34. The van der Waals surface area contributed by atoms with E-state index in [1.807, 2.05) is 0 Å². The summed E-state index contributed by atoms with van der Waals surface area (Å²) >= 11 is 0. The molecule has 0 bridgehead atoms. The van der Waals surface area contributed by atoms with E-state index in [2.05, 4.69) is 35.6 Å². The molecule has 1 aromatic heterocycles. The molecule has 5 N–H and O–H groups in total. The minimum atomic E-state index is -3.75. The zero-order valence-corrected chi connectivity index (χ0v) is 16.1. The second-order valence-electron chi connectivity index (χ2n) is 7.42. The summed E-state index contributed by atoms with van der Waals surface area (Å²) in [5.41, 5.74) is 3.88. The summed E-state index contributed by atoms with van der Waals surface area (Å²) in [4.78, 5) is 9.37. The quantitative estimate of drug-likeness (QED) is 0.416. The van der Waals surface area contributed by atoms with Crippen LogP contribution in [0, 0.1) is 5.41 Å². The zero-order chi connectivity index (χ0) is 19.8. The van der Waals surface area contributed by atoms with Crippen LogP contribution >= 0.6 is 0 Å². The number of nitrogens with zero attached hydrogens (tertiary/aromatic N) is 2. The third-order valence-electron chi connectivity index (χ3n) is 4.73. The van der Waals surface area contributed by atoms with Crippen molar-refractivity contribution >= 4 is 21.6 Å². The van der Waals surface area contributed by atoms with Crippen molar-refractivity contribution < 1.29 is 13.3 Å². The molecule has 3 rings (SSSR count). The lowest BCUT2D eigenvalue weighted by Crippen LogP contribution is -2.23. The van der Waals surface area contributed by atoms with E-state index in [9.17, 15) is 8.42 Å². The van der Waals surface area contributed by atoms with E-state index >= 15 is 0 Å². The van der Waals surface area contributed by atoms with Crippen LogP contribution < -0.4 is 11.0 Å². The fourth-order valence-corrected chi connectivity index (χ4v) is 3.68. The van der Waals surface area contributed by atoms with E-state index in [0.717, 1.165) is 30.5 Å². The van der Waals surface area contributed by atoms with Gasteiger partial charge < -0.3 is 4.84 Å². The number of sulfonamides is 1. The Morgan fingerprint density at radius 3 is 2.59 bits per heavy atom. The van der Waals surface area contributed by atoms with Gasteiger partial charge >= 0.3 is 0 Å². The maximum Gasteiger partial charge on any atom is 0.263 e. The number of aromatic amines is 1. The molecule has 1 heterocycles. The van der Waals surface area contributed by atoms with Crippen molar-refractivity contribution in [2.45, 2.75) is 38.0 Å². The van der Waals surface area contributed by atoms with Gasteiger partial charge in [-0.3, -0.25) is 5.10 Å². The average Bonchev–Trinajstić information content (AvgIpc) is 3.00. The third-order valence-corrected chi connectivity index (χ3v) is 5.66. The Morgan fingerprint density at radius 1 is 1.33 bits per heavy atom. The summed E-state index contributed by atoms with van der Waals surface area (Å²) in [6.07, 6.45) is 2.75. The molecule has 0 radical (unpaired) electrons. The van der Waals surface area contributed by atoms with Crippen molar-refractivity contribution in [3.05, 3.63) is 53.4 Å². The van der Waals surface area contributed by atoms with Gasteiger partial charge in [-0.25, -0.2) is 18.5 Å². The second-order valence-corrected chi connectivity index (χ2v) is 8.98. The maximum atomic E-state index is 11.4. The van der Waals surface area contributed by atoms with Gasteiger partial charge in [0.15, 0.2) is 0 Å². The fourth-order valence-electron chi connectivity index (χ4n) is 3.17. The number of hydrogen-bond donors (Lipinski definition) is 3. The Bertz CT molecular complexity index is 1000. The molecule has 0 spiro atoms. The van der Waals surface area contributed by atoms with E-state index < -0.39 is 10.0 Å². The smallest absolute Gasteiger partial charge is 0.263 e. The van der Waals surface area contributed by atoms with E-state index in [1.165, 1.54) is 12.1 Å². The number of fused-ring (bicyclic) bond motifs is 1. The topological polar surface area (TPSA) is 136 Å². The van der Waals surface area contributed by atoms with E-state index in [-0.39, 0.29) is 16.2 Å². The number of aliphatic imine (C=N–C) groups is 1. The largest absolute Gasteiger partial charge is 0.389 e. The normalized spacial score (nSPS) is 16.7. The van der Waals surface area contributed by atoms with Gasteiger partial charge in [0.25, 0.3) is 5.90 Å². The van der Waals surface area contributed by atoms with Gasteiger partial charge in [-0.15, -0.1) is 0 Å².